The molecule has 2 aromatic carbocycles. The molecule has 1 aliphatic heterocycles. The molecule has 1 aliphatic rings. The number of amides is 1. The number of phenols is 1. The molecule has 194 valence electrons. The first-order valence-corrected chi connectivity index (χ1v) is 14.7. The quantitative estimate of drug-likeness (QED) is 0.443. The van der Waals surface area contributed by atoms with Crippen LogP contribution >= 0.6 is 0 Å². The van der Waals surface area contributed by atoms with E-state index >= 15 is 0 Å². The molecule has 1 heterocycles. The van der Waals surface area contributed by atoms with E-state index in [0.29, 0.717) is 24.1 Å². The van der Waals surface area contributed by atoms with Gasteiger partial charge in [0.25, 0.3) is 10.1 Å². The molecule has 0 saturated carbocycles. The molecule has 2 aromatic rings. The maximum atomic E-state index is 13.2. The summed E-state index contributed by atoms with van der Waals surface area (Å²) < 4.78 is 51.7. The molecule has 10 nitrogen and oxygen atoms in total. The van der Waals surface area contributed by atoms with Gasteiger partial charge in [-0.25, -0.2) is 8.42 Å². The summed E-state index contributed by atoms with van der Waals surface area (Å²) in [6.45, 7) is 2.69. The minimum absolute atomic E-state index is 0.0739. The number of para-hydroxylation sites is 1. The summed E-state index contributed by atoms with van der Waals surface area (Å²) >= 11 is 0. The molecule has 0 bridgehead atoms. The number of nitrogens with zero attached hydrogens (tertiary/aromatic N) is 2. The fourth-order valence-corrected chi connectivity index (χ4v) is 4.43. The number of hydrogen-bond acceptors (Lipinski definition) is 7. The Morgan fingerprint density at radius 2 is 1.66 bits per heavy atom. The third-order valence-electron chi connectivity index (χ3n) is 5.40. The normalized spacial score (nSPS) is 15.1. The molecule has 1 fully saturated rings. The Morgan fingerprint density at radius 3 is 2.23 bits per heavy atom. The van der Waals surface area contributed by atoms with E-state index in [1.165, 1.54) is 0 Å². The van der Waals surface area contributed by atoms with Gasteiger partial charge in [0.15, 0.2) is 0 Å². The van der Waals surface area contributed by atoms with Crippen LogP contribution in [0, 0.1) is 0 Å². The summed E-state index contributed by atoms with van der Waals surface area (Å²) in [5.74, 6) is 0.0489. The average Bonchev–Trinajstić information content (AvgIpc) is 3.24. The van der Waals surface area contributed by atoms with Gasteiger partial charge in [0.1, 0.15) is 5.75 Å². The van der Waals surface area contributed by atoms with E-state index < -0.39 is 20.1 Å². The van der Waals surface area contributed by atoms with Crippen LogP contribution < -0.4 is 4.72 Å². The van der Waals surface area contributed by atoms with Crippen LogP contribution in [0.3, 0.4) is 0 Å². The van der Waals surface area contributed by atoms with Gasteiger partial charge in [-0.15, -0.1) is 0 Å². The van der Waals surface area contributed by atoms with Gasteiger partial charge in [-0.3, -0.25) is 14.1 Å². The monoisotopic (exact) mass is 527 g/mol. The van der Waals surface area contributed by atoms with E-state index in [0.717, 1.165) is 37.8 Å². The number of likely N-dealkylation sites (N-methyl/N-ethyl adjacent to an activating group) is 1. The first-order valence-electron chi connectivity index (χ1n) is 11.0. The second kappa shape index (κ2) is 12.3. The Morgan fingerprint density at radius 1 is 1.06 bits per heavy atom. The van der Waals surface area contributed by atoms with Crippen molar-refractivity contribution in [3.8, 4) is 5.75 Å². The Hall–Kier alpha value is -2.67. The fraction of sp³-hybridized carbons (Fsp3) is 0.435. The largest absolute Gasteiger partial charge is 0.508 e. The third kappa shape index (κ3) is 10.6. The van der Waals surface area contributed by atoms with Gasteiger partial charge in [-0.1, -0.05) is 30.3 Å². The molecular formula is C23H33N3O7S2. The van der Waals surface area contributed by atoms with Crippen molar-refractivity contribution >= 4 is 31.7 Å². The number of sulfonamides is 1. The zero-order valence-electron chi connectivity index (χ0n) is 20.1. The van der Waals surface area contributed by atoms with Crippen molar-refractivity contribution in [3.63, 3.8) is 0 Å². The van der Waals surface area contributed by atoms with E-state index in [9.17, 15) is 26.7 Å². The summed E-state index contributed by atoms with van der Waals surface area (Å²) in [5, 5.41) is 9.94. The van der Waals surface area contributed by atoms with E-state index in [4.69, 9.17) is 4.55 Å². The zero-order valence-corrected chi connectivity index (χ0v) is 21.7. The molecule has 35 heavy (non-hydrogen) atoms. The lowest BCUT2D eigenvalue weighted by molar-refractivity contribution is -0.131. The lowest BCUT2D eigenvalue weighted by atomic mass is 10.0. The van der Waals surface area contributed by atoms with Crippen LogP contribution in [-0.4, -0.2) is 81.4 Å². The lowest BCUT2D eigenvalue weighted by Gasteiger charge is -2.32. The second-order valence-electron chi connectivity index (χ2n) is 8.56. The number of aromatic hydroxyl groups is 1. The molecule has 1 amide bonds. The highest BCUT2D eigenvalue weighted by Gasteiger charge is 2.26. The molecule has 0 aromatic heterocycles. The van der Waals surface area contributed by atoms with Crippen LogP contribution in [0.1, 0.15) is 30.0 Å². The molecule has 0 aliphatic carbocycles. The molecular weight excluding hydrogens is 494 g/mol. The smallest absolute Gasteiger partial charge is 0.261 e. The number of phenolic OH excluding ortho intramolecular Hbond substituents is 1. The molecule has 3 N–H and O–H groups in total. The highest BCUT2D eigenvalue weighted by Crippen LogP contribution is 2.27. The van der Waals surface area contributed by atoms with Gasteiger partial charge in [0.2, 0.25) is 15.9 Å². The second-order valence-corrected chi connectivity index (χ2v) is 11.8. The van der Waals surface area contributed by atoms with Gasteiger partial charge < -0.3 is 14.9 Å². The van der Waals surface area contributed by atoms with E-state index in [1.54, 1.807) is 54.4 Å². The molecule has 12 heteroatoms. The Kier molecular flexibility index (Phi) is 10.1. The molecule has 0 radical (unpaired) electrons. The van der Waals surface area contributed by atoms with Crippen molar-refractivity contribution in [2.45, 2.75) is 25.3 Å². The number of carbonyl (C=O) groups is 1. The van der Waals surface area contributed by atoms with Gasteiger partial charge in [0, 0.05) is 13.6 Å². The number of anilines is 1. The molecule has 1 atom stereocenters. The molecule has 3 rings (SSSR count). The number of benzene rings is 2. The number of likely N-dealkylation sites (tertiary alicyclic amines) is 1. The predicted molar refractivity (Wildman–Crippen MR) is 135 cm³/mol. The van der Waals surface area contributed by atoms with Crippen LogP contribution in [0.15, 0.2) is 48.5 Å². The van der Waals surface area contributed by atoms with Gasteiger partial charge in [-0.2, -0.15) is 8.42 Å². The van der Waals surface area contributed by atoms with Crippen molar-refractivity contribution in [1.29, 1.82) is 0 Å². The SMILES string of the molecule is CN(C(=O)Cc1ccccc1NS(C)(=O)=O)C(CN1CCCC1)c1cccc(O)c1.CS(=O)(=O)O. The standard InChI is InChI=1S/C22H29N3O4S.CH4O3S/c1-24(22(27)15-17-8-3-4-11-20(17)23-30(2,28)29)21(16-25-12-5-6-13-25)18-9-7-10-19(26)14-18;1-5(2,3)4/h3-4,7-11,14,21,23,26H,5-6,12-13,15-16H2,1-2H3;1H3,(H,2,3,4). The third-order valence-corrected chi connectivity index (χ3v) is 5.99. The van der Waals surface area contributed by atoms with Crippen molar-refractivity contribution in [3.05, 3.63) is 59.7 Å². The van der Waals surface area contributed by atoms with E-state index in [1.807, 2.05) is 6.07 Å². The average molecular weight is 528 g/mol. The lowest BCUT2D eigenvalue weighted by Crippen LogP contribution is -2.39. The minimum atomic E-state index is -3.67. The van der Waals surface area contributed by atoms with Crippen molar-refractivity contribution in [1.82, 2.24) is 9.80 Å². The summed E-state index contributed by atoms with van der Waals surface area (Å²) in [6, 6.07) is 13.7. The zero-order chi connectivity index (χ0) is 26.2. The number of hydrogen-bond donors (Lipinski definition) is 3. The van der Waals surface area contributed by atoms with Crippen LogP contribution in [0.25, 0.3) is 0 Å². The van der Waals surface area contributed by atoms with Gasteiger partial charge in [0.05, 0.1) is 30.7 Å². The maximum absolute atomic E-state index is 13.2. The highest BCUT2D eigenvalue weighted by molar-refractivity contribution is 7.92. The van der Waals surface area contributed by atoms with Gasteiger partial charge in [-0.05, 0) is 55.3 Å². The number of rotatable bonds is 8. The van der Waals surface area contributed by atoms with Crippen LogP contribution in [0.4, 0.5) is 5.69 Å². The van der Waals surface area contributed by atoms with Crippen LogP contribution in [0.5, 0.6) is 5.75 Å². The van der Waals surface area contributed by atoms with Crippen molar-refractivity contribution in [2.24, 2.45) is 0 Å². The Balaban J connectivity index is 0.000000784. The first-order chi connectivity index (χ1) is 16.2. The maximum Gasteiger partial charge on any atom is 0.261 e. The fourth-order valence-electron chi connectivity index (χ4n) is 3.83. The molecule has 0 spiro atoms. The van der Waals surface area contributed by atoms with E-state index in [2.05, 4.69) is 9.62 Å². The van der Waals surface area contributed by atoms with Crippen LogP contribution in [0.2, 0.25) is 0 Å². The molecule has 1 saturated heterocycles. The topological polar surface area (TPSA) is 144 Å². The predicted octanol–water partition coefficient (Wildman–Crippen LogP) is 2.11. The highest BCUT2D eigenvalue weighted by atomic mass is 32.2. The first kappa shape index (κ1) is 28.6. The summed E-state index contributed by atoms with van der Waals surface area (Å²) in [5.41, 5.74) is 1.91. The Bertz CT molecular complexity index is 1200. The summed E-state index contributed by atoms with van der Waals surface area (Å²) in [6.07, 6.45) is 4.17. The van der Waals surface area contributed by atoms with Crippen molar-refractivity contribution in [2.75, 3.05) is 43.9 Å². The number of nitrogens with one attached hydrogen (secondary N) is 1. The number of carbonyl (C=O) groups excluding carboxylic acids is 1. The Labute approximate surface area is 207 Å². The summed E-state index contributed by atoms with van der Waals surface area (Å²) in [7, 11) is -5.35. The van der Waals surface area contributed by atoms with Crippen LogP contribution in [-0.2, 0) is 31.4 Å². The van der Waals surface area contributed by atoms with E-state index in [-0.39, 0.29) is 24.1 Å². The van der Waals surface area contributed by atoms with Crippen molar-refractivity contribution < 1.29 is 31.3 Å². The van der Waals surface area contributed by atoms with Gasteiger partial charge >= 0.3 is 0 Å². The minimum Gasteiger partial charge on any atom is -0.508 e. The summed E-state index contributed by atoms with van der Waals surface area (Å²) in [4.78, 5) is 17.2. The molecule has 1 unspecified atom stereocenters.